The average molecular weight is 435 g/mol. The van der Waals surface area contributed by atoms with Crippen molar-refractivity contribution in [3.05, 3.63) is 70.3 Å². The van der Waals surface area contributed by atoms with Crippen LogP contribution in [0.15, 0.2) is 47.4 Å². The third-order valence-electron chi connectivity index (χ3n) is 5.67. The van der Waals surface area contributed by atoms with Crippen molar-refractivity contribution in [2.24, 2.45) is 0 Å². The van der Waals surface area contributed by atoms with Crippen molar-refractivity contribution in [2.45, 2.75) is 6.04 Å². The van der Waals surface area contributed by atoms with Gasteiger partial charge in [0.2, 0.25) is 5.95 Å². The summed E-state index contributed by atoms with van der Waals surface area (Å²) in [7, 11) is 3.89. The fourth-order valence-corrected chi connectivity index (χ4v) is 3.97. The van der Waals surface area contributed by atoms with E-state index in [9.17, 15) is 13.6 Å². The number of nitrogens with two attached hydrogens (primary N) is 1. The van der Waals surface area contributed by atoms with Crippen molar-refractivity contribution in [1.29, 1.82) is 0 Å². The molecule has 1 aliphatic rings. The molecular formula is C23H19F2N5O2. The zero-order valence-electron chi connectivity index (χ0n) is 17.3. The van der Waals surface area contributed by atoms with Crippen LogP contribution in [-0.2, 0) is 0 Å². The Kier molecular flexibility index (Phi) is 4.63. The molecule has 4 aromatic rings. The Balaban J connectivity index is 1.65. The van der Waals surface area contributed by atoms with Gasteiger partial charge in [0, 0.05) is 33.7 Å². The van der Waals surface area contributed by atoms with Gasteiger partial charge in [-0.15, -0.1) is 0 Å². The number of benzene rings is 2. The lowest BCUT2D eigenvalue weighted by molar-refractivity contribution is 0.227. The molecule has 0 aliphatic carbocycles. The van der Waals surface area contributed by atoms with Crippen molar-refractivity contribution >= 4 is 16.6 Å². The van der Waals surface area contributed by atoms with Crippen molar-refractivity contribution in [1.82, 2.24) is 19.9 Å². The van der Waals surface area contributed by atoms with Crippen LogP contribution in [0.1, 0.15) is 11.6 Å². The SMILES string of the molecule is CN(C)[C@@H]1COc2ccc(-c3nc(-c4ccc5c(=O)[nH]cc(F)c5c4)c(N)nc3F)cc21. The zero-order valence-corrected chi connectivity index (χ0v) is 17.3. The number of hydrogen-bond acceptors (Lipinski definition) is 6. The van der Waals surface area contributed by atoms with Gasteiger partial charge < -0.3 is 15.5 Å². The lowest BCUT2D eigenvalue weighted by Gasteiger charge is -2.18. The van der Waals surface area contributed by atoms with Crippen LogP contribution in [0, 0.1) is 11.8 Å². The third kappa shape index (κ3) is 3.18. The molecular weight excluding hydrogens is 416 g/mol. The quantitative estimate of drug-likeness (QED) is 0.511. The van der Waals surface area contributed by atoms with Gasteiger partial charge in [0.05, 0.1) is 6.04 Å². The molecule has 5 rings (SSSR count). The average Bonchev–Trinajstić information content (AvgIpc) is 3.20. The number of anilines is 1. The molecule has 32 heavy (non-hydrogen) atoms. The summed E-state index contributed by atoms with van der Waals surface area (Å²) in [5.41, 5.74) is 7.64. The van der Waals surface area contributed by atoms with Crippen LogP contribution in [0.2, 0.25) is 0 Å². The molecule has 0 amide bonds. The van der Waals surface area contributed by atoms with Gasteiger partial charge in [0.25, 0.3) is 5.56 Å². The summed E-state index contributed by atoms with van der Waals surface area (Å²) >= 11 is 0. The molecule has 0 bridgehead atoms. The second-order valence-corrected chi connectivity index (χ2v) is 7.87. The largest absolute Gasteiger partial charge is 0.491 e. The van der Waals surface area contributed by atoms with Crippen LogP contribution in [0.25, 0.3) is 33.3 Å². The van der Waals surface area contributed by atoms with Crippen LogP contribution < -0.4 is 16.0 Å². The molecule has 7 nitrogen and oxygen atoms in total. The Morgan fingerprint density at radius 2 is 1.81 bits per heavy atom. The van der Waals surface area contributed by atoms with Crippen LogP contribution in [0.3, 0.4) is 0 Å². The van der Waals surface area contributed by atoms with Crippen molar-refractivity contribution < 1.29 is 13.5 Å². The number of ether oxygens (including phenoxy) is 1. The van der Waals surface area contributed by atoms with E-state index in [1.54, 1.807) is 18.2 Å². The normalized spacial score (nSPS) is 15.2. The van der Waals surface area contributed by atoms with Gasteiger partial charge in [0.15, 0.2) is 5.82 Å². The number of halogens is 2. The maximum Gasteiger partial charge on any atom is 0.256 e. The molecule has 1 atom stereocenters. The number of H-pyrrole nitrogens is 1. The monoisotopic (exact) mass is 435 g/mol. The minimum Gasteiger partial charge on any atom is -0.491 e. The van der Waals surface area contributed by atoms with Crippen molar-refractivity contribution in [3.63, 3.8) is 0 Å². The molecule has 1 aliphatic heterocycles. The molecule has 2 aromatic carbocycles. The molecule has 162 valence electrons. The van der Waals surface area contributed by atoms with Gasteiger partial charge >= 0.3 is 0 Å². The van der Waals surface area contributed by atoms with E-state index in [-0.39, 0.29) is 34.0 Å². The van der Waals surface area contributed by atoms with Gasteiger partial charge in [-0.05, 0) is 44.4 Å². The summed E-state index contributed by atoms with van der Waals surface area (Å²) < 4.78 is 34.8. The van der Waals surface area contributed by atoms with E-state index in [4.69, 9.17) is 10.5 Å². The molecule has 3 N–H and O–H groups in total. The highest BCUT2D eigenvalue weighted by molar-refractivity contribution is 5.88. The second kappa shape index (κ2) is 7.38. The molecule has 0 unspecified atom stereocenters. The van der Waals surface area contributed by atoms with Gasteiger partial charge in [-0.25, -0.2) is 9.37 Å². The fraction of sp³-hybridized carbons (Fsp3) is 0.174. The molecule has 2 aromatic heterocycles. The number of pyridine rings is 1. The first-order valence-corrected chi connectivity index (χ1v) is 9.91. The lowest BCUT2D eigenvalue weighted by Crippen LogP contribution is -2.20. The van der Waals surface area contributed by atoms with E-state index in [0.717, 1.165) is 17.5 Å². The molecule has 0 spiro atoms. The van der Waals surface area contributed by atoms with Crippen LogP contribution in [-0.4, -0.2) is 40.6 Å². The topological polar surface area (TPSA) is 97.1 Å². The van der Waals surface area contributed by atoms with Gasteiger partial charge in [0.1, 0.15) is 29.6 Å². The van der Waals surface area contributed by atoms with Crippen LogP contribution in [0.4, 0.5) is 14.6 Å². The molecule has 0 saturated carbocycles. The molecule has 0 saturated heterocycles. The summed E-state index contributed by atoms with van der Waals surface area (Å²) in [5, 5.41) is 0.304. The number of fused-ring (bicyclic) bond motifs is 2. The molecule has 0 radical (unpaired) electrons. The van der Waals surface area contributed by atoms with Crippen molar-refractivity contribution in [3.8, 4) is 28.3 Å². The van der Waals surface area contributed by atoms with E-state index >= 15 is 0 Å². The second-order valence-electron chi connectivity index (χ2n) is 7.87. The number of hydrogen-bond donors (Lipinski definition) is 2. The molecule has 0 fully saturated rings. The fourth-order valence-electron chi connectivity index (χ4n) is 3.97. The van der Waals surface area contributed by atoms with E-state index in [1.807, 2.05) is 25.1 Å². The van der Waals surface area contributed by atoms with Crippen LogP contribution >= 0.6 is 0 Å². The highest BCUT2D eigenvalue weighted by Crippen LogP contribution is 2.38. The third-order valence-corrected chi connectivity index (χ3v) is 5.67. The summed E-state index contributed by atoms with van der Waals surface area (Å²) in [4.78, 5) is 24.6. The van der Waals surface area contributed by atoms with E-state index < -0.39 is 17.3 Å². The van der Waals surface area contributed by atoms with Crippen LogP contribution in [0.5, 0.6) is 5.75 Å². The summed E-state index contributed by atoms with van der Waals surface area (Å²) in [6.07, 6.45) is 0.993. The smallest absolute Gasteiger partial charge is 0.256 e. The Morgan fingerprint density at radius 3 is 2.59 bits per heavy atom. The van der Waals surface area contributed by atoms with E-state index in [2.05, 4.69) is 15.0 Å². The van der Waals surface area contributed by atoms with Gasteiger partial charge in [-0.2, -0.15) is 9.37 Å². The Morgan fingerprint density at radius 1 is 1.06 bits per heavy atom. The summed E-state index contributed by atoms with van der Waals surface area (Å²) in [6.45, 7) is 0.509. The molecule has 3 heterocycles. The summed E-state index contributed by atoms with van der Waals surface area (Å²) in [6, 6.07) is 9.88. The first-order chi connectivity index (χ1) is 15.3. The predicted molar refractivity (Wildman–Crippen MR) is 117 cm³/mol. The number of nitrogen functional groups attached to an aromatic ring is 1. The van der Waals surface area contributed by atoms with Crippen molar-refractivity contribution in [2.75, 3.05) is 26.4 Å². The highest BCUT2D eigenvalue weighted by Gasteiger charge is 2.27. The Labute approximate surface area is 181 Å². The van der Waals surface area contributed by atoms with E-state index in [0.29, 0.717) is 17.7 Å². The Hall–Kier alpha value is -3.85. The van der Waals surface area contributed by atoms with Gasteiger partial charge in [-0.1, -0.05) is 6.07 Å². The van der Waals surface area contributed by atoms with E-state index in [1.165, 1.54) is 12.1 Å². The standard InChI is InChI=1S/C23H19F2N5O2/c1-30(2)17-10-32-18-6-4-11(8-15(17)18)19-21(25)29-22(26)20(28-19)12-3-5-13-14(7-12)16(24)9-27-23(13)31/h3-9,17H,10H2,1-2H3,(H2,26,29)(H,27,31)/t17-/m1/s1. The number of nitrogens with one attached hydrogen (secondary N) is 1. The first kappa shape index (κ1) is 20.1. The number of likely N-dealkylation sites (N-methyl/N-ethyl adjacent to an activating group) is 1. The predicted octanol–water partition coefficient (Wildman–Crippen LogP) is 3.51. The minimum atomic E-state index is -0.810. The number of aromatic nitrogens is 3. The first-order valence-electron chi connectivity index (χ1n) is 9.91. The minimum absolute atomic E-state index is 0.0212. The summed E-state index contributed by atoms with van der Waals surface area (Å²) in [5.74, 6) is -0.795. The van der Waals surface area contributed by atoms with Gasteiger partial charge in [-0.3, -0.25) is 9.69 Å². The maximum absolute atomic E-state index is 14.8. The lowest BCUT2D eigenvalue weighted by atomic mass is 10.0. The zero-order chi connectivity index (χ0) is 22.6. The number of aromatic amines is 1. The maximum atomic E-state index is 14.8. The number of rotatable bonds is 3. The molecule has 9 heteroatoms. The highest BCUT2D eigenvalue weighted by atomic mass is 19.1. The number of nitrogens with zero attached hydrogens (tertiary/aromatic N) is 3. The Bertz CT molecular complexity index is 1430.